The predicted octanol–water partition coefficient (Wildman–Crippen LogP) is 2.86. The van der Waals surface area contributed by atoms with Crippen molar-refractivity contribution in [1.82, 2.24) is 14.5 Å². The number of nitrogens with zero attached hydrogens (tertiary/aromatic N) is 3. The fourth-order valence-corrected chi connectivity index (χ4v) is 3.55. The van der Waals surface area contributed by atoms with E-state index in [2.05, 4.69) is 9.97 Å². The van der Waals surface area contributed by atoms with Crippen LogP contribution in [0.2, 0.25) is 0 Å². The monoisotopic (exact) mass is 407 g/mol. The van der Waals surface area contributed by atoms with Crippen molar-refractivity contribution >= 4 is 20.9 Å². The third-order valence-electron chi connectivity index (χ3n) is 4.47. The minimum Gasteiger partial charge on any atom is -0.497 e. The molecule has 0 bridgehead atoms. The van der Waals surface area contributed by atoms with E-state index in [-0.39, 0.29) is 16.4 Å². The Bertz CT molecular complexity index is 1360. The van der Waals surface area contributed by atoms with Gasteiger partial charge in [-0.3, -0.25) is 9.36 Å². The summed E-state index contributed by atoms with van der Waals surface area (Å²) in [5, 5.41) is 0.220. The molecular weight excluding hydrogens is 390 g/mol. The molecular formula is C21H17N3O4S. The number of para-hydroxylation sites is 1. The lowest BCUT2D eigenvalue weighted by atomic mass is 10.1. The molecule has 4 rings (SSSR count). The number of rotatable bonds is 4. The smallest absolute Gasteiger partial charge is 0.264 e. The Kier molecular flexibility index (Phi) is 4.63. The summed E-state index contributed by atoms with van der Waals surface area (Å²) in [5.41, 5.74) is 1.64. The lowest BCUT2D eigenvalue weighted by Crippen LogP contribution is -2.22. The number of sulfone groups is 1. The van der Waals surface area contributed by atoms with Crippen molar-refractivity contribution in [3.05, 3.63) is 77.2 Å². The van der Waals surface area contributed by atoms with Crippen LogP contribution in [0.25, 0.3) is 27.8 Å². The van der Waals surface area contributed by atoms with Crippen LogP contribution in [0.3, 0.4) is 0 Å². The molecule has 146 valence electrons. The Morgan fingerprint density at radius 3 is 2.31 bits per heavy atom. The quantitative estimate of drug-likeness (QED) is 0.483. The maximum Gasteiger partial charge on any atom is 0.264 e. The number of fused-ring (bicyclic) bond motifs is 1. The fourth-order valence-electron chi connectivity index (χ4n) is 3.05. The van der Waals surface area contributed by atoms with Gasteiger partial charge in [-0.15, -0.1) is 0 Å². The number of methoxy groups -OCH3 is 1. The lowest BCUT2D eigenvalue weighted by molar-refractivity contribution is 0.415. The minimum atomic E-state index is -3.63. The number of benzene rings is 2. The molecule has 0 aliphatic carbocycles. The second-order valence-corrected chi connectivity index (χ2v) is 8.38. The van der Waals surface area contributed by atoms with Gasteiger partial charge in [0.2, 0.25) is 15.0 Å². The Morgan fingerprint density at radius 1 is 1.00 bits per heavy atom. The number of hydrogen-bond acceptors (Lipinski definition) is 6. The zero-order chi connectivity index (χ0) is 20.6. The first-order valence-electron chi connectivity index (χ1n) is 8.71. The molecule has 0 radical (unpaired) electrons. The van der Waals surface area contributed by atoms with Gasteiger partial charge < -0.3 is 4.74 Å². The molecule has 0 spiro atoms. The standard InChI is InChI=1S/C21H17N3O4S/c1-28-17-10-8-14(9-11-17)18-12-15-13-22-21(29(2,26)27)23-19(15)24(20(18)25)16-6-4-3-5-7-16/h3-13H,1-2H3. The second-order valence-electron chi connectivity index (χ2n) is 6.47. The third-order valence-corrected chi connectivity index (χ3v) is 5.33. The van der Waals surface area contributed by atoms with Gasteiger partial charge >= 0.3 is 0 Å². The summed E-state index contributed by atoms with van der Waals surface area (Å²) in [5.74, 6) is 0.680. The van der Waals surface area contributed by atoms with Gasteiger partial charge in [0.15, 0.2) is 5.65 Å². The van der Waals surface area contributed by atoms with Gasteiger partial charge in [0, 0.05) is 23.4 Å². The molecule has 7 nitrogen and oxygen atoms in total. The Balaban J connectivity index is 2.07. The maximum atomic E-state index is 13.4. The van der Waals surface area contributed by atoms with Crippen LogP contribution in [-0.2, 0) is 9.84 Å². The van der Waals surface area contributed by atoms with Crippen molar-refractivity contribution in [3.63, 3.8) is 0 Å². The molecule has 0 aliphatic heterocycles. The summed E-state index contributed by atoms with van der Waals surface area (Å²) in [6.45, 7) is 0. The normalized spacial score (nSPS) is 11.5. The van der Waals surface area contributed by atoms with Crippen LogP contribution in [-0.4, -0.2) is 36.3 Å². The Labute approximate surface area is 167 Å². The van der Waals surface area contributed by atoms with Crippen LogP contribution in [0.15, 0.2) is 76.8 Å². The average Bonchev–Trinajstić information content (AvgIpc) is 2.73. The molecule has 0 aliphatic rings. The summed E-state index contributed by atoms with van der Waals surface area (Å²) in [4.78, 5) is 21.6. The van der Waals surface area contributed by atoms with Gasteiger partial charge in [-0.25, -0.2) is 13.4 Å². The van der Waals surface area contributed by atoms with Crippen LogP contribution >= 0.6 is 0 Å². The van der Waals surface area contributed by atoms with Gasteiger partial charge in [-0.2, -0.15) is 4.98 Å². The first-order valence-corrected chi connectivity index (χ1v) is 10.6. The Hall–Kier alpha value is -3.52. The molecule has 0 saturated heterocycles. The van der Waals surface area contributed by atoms with Crippen molar-refractivity contribution in [2.24, 2.45) is 0 Å². The van der Waals surface area contributed by atoms with E-state index >= 15 is 0 Å². The van der Waals surface area contributed by atoms with Crippen LogP contribution in [0.5, 0.6) is 5.75 Å². The van der Waals surface area contributed by atoms with E-state index in [0.29, 0.717) is 28.0 Å². The largest absolute Gasteiger partial charge is 0.497 e. The molecule has 2 aromatic carbocycles. The number of hydrogen-bond donors (Lipinski definition) is 0. The van der Waals surface area contributed by atoms with Gasteiger partial charge in [0.25, 0.3) is 5.56 Å². The molecule has 0 atom stereocenters. The highest BCUT2D eigenvalue weighted by atomic mass is 32.2. The zero-order valence-corrected chi connectivity index (χ0v) is 16.6. The number of ether oxygens (including phenoxy) is 1. The number of aromatic nitrogens is 3. The van der Waals surface area contributed by atoms with Gasteiger partial charge in [-0.05, 0) is 35.9 Å². The van der Waals surface area contributed by atoms with E-state index in [0.717, 1.165) is 6.26 Å². The highest BCUT2D eigenvalue weighted by molar-refractivity contribution is 7.90. The van der Waals surface area contributed by atoms with Crippen LogP contribution < -0.4 is 10.3 Å². The molecule has 29 heavy (non-hydrogen) atoms. The van der Waals surface area contributed by atoms with E-state index in [1.54, 1.807) is 61.7 Å². The third kappa shape index (κ3) is 3.50. The molecule has 0 amide bonds. The van der Waals surface area contributed by atoms with Crippen molar-refractivity contribution in [3.8, 4) is 22.6 Å². The van der Waals surface area contributed by atoms with E-state index in [1.165, 1.54) is 10.8 Å². The topological polar surface area (TPSA) is 91.2 Å². The maximum absolute atomic E-state index is 13.4. The van der Waals surface area contributed by atoms with Crippen LogP contribution in [0.1, 0.15) is 0 Å². The molecule has 0 N–H and O–H groups in total. The molecule has 0 fully saturated rings. The van der Waals surface area contributed by atoms with E-state index in [1.807, 2.05) is 6.07 Å². The van der Waals surface area contributed by atoms with Crippen LogP contribution in [0, 0.1) is 0 Å². The first kappa shape index (κ1) is 18.8. The van der Waals surface area contributed by atoms with Crippen molar-refractivity contribution < 1.29 is 13.2 Å². The molecule has 0 unspecified atom stereocenters. The molecule has 2 aromatic heterocycles. The fraction of sp³-hybridized carbons (Fsp3) is 0.0952. The zero-order valence-electron chi connectivity index (χ0n) is 15.7. The summed E-state index contributed by atoms with van der Waals surface area (Å²) >= 11 is 0. The van der Waals surface area contributed by atoms with E-state index in [9.17, 15) is 13.2 Å². The van der Waals surface area contributed by atoms with Gasteiger partial charge in [-0.1, -0.05) is 30.3 Å². The Morgan fingerprint density at radius 2 is 1.69 bits per heavy atom. The van der Waals surface area contributed by atoms with E-state index in [4.69, 9.17) is 4.74 Å². The number of pyridine rings is 1. The summed E-state index contributed by atoms with van der Waals surface area (Å²) in [6.07, 6.45) is 2.45. The molecule has 4 aromatic rings. The van der Waals surface area contributed by atoms with Gasteiger partial charge in [0.1, 0.15) is 5.75 Å². The SMILES string of the molecule is COc1ccc(-c2cc3cnc(S(C)(=O)=O)nc3n(-c3ccccc3)c2=O)cc1. The average molecular weight is 407 g/mol. The molecule has 8 heteroatoms. The lowest BCUT2D eigenvalue weighted by Gasteiger charge is -2.13. The van der Waals surface area contributed by atoms with Gasteiger partial charge in [0.05, 0.1) is 12.8 Å². The highest BCUT2D eigenvalue weighted by Crippen LogP contribution is 2.24. The predicted molar refractivity (Wildman–Crippen MR) is 110 cm³/mol. The van der Waals surface area contributed by atoms with Crippen LogP contribution in [0.4, 0.5) is 0 Å². The summed E-state index contributed by atoms with van der Waals surface area (Å²) in [7, 11) is -2.05. The first-order chi connectivity index (χ1) is 13.9. The molecule has 0 saturated carbocycles. The second kappa shape index (κ2) is 7.14. The minimum absolute atomic E-state index is 0.230. The highest BCUT2D eigenvalue weighted by Gasteiger charge is 2.18. The molecule has 2 heterocycles. The van der Waals surface area contributed by atoms with E-state index < -0.39 is 9.84 Å². The van der Waals surface area contributed by atoms with Crippen molar-refractivity contribution in [2.75, 3.05) is 13.4 Å². The van der Waals surface area contributed by atoms with Crippen molar-refractivity contribution in [2.45, 2.75) is 5.16 Å². The van der Waals surface area contributed by atoms with Crippen molar-refractivity contribution in [1.29, 1.82) is 0 Å². The summed E-state index contributed by atoms with van der Waals surface area (Å²) in [6, 6.07) is 17.8. The summed E-state index contributed by atoms with van der Waals surface area (Å²) < 4.78 is 30.5.